The van der Waals surface area contributed by atoms with Crippen LogP contribution in [-0.2, 0) is 14.3 Å². The summed E-state index contributed by atoms with van der Waals surface area (Å²) in [5.41, 5.74) is 0.831. The summed E-state index contributed by atoms with van der Waals surface area (Å²) < 4.78 is 10.8. The Kier molecular flexibility index (Phi) is 5.22. The number of carbonyl (C=O) groups excluding carboxylic acids is 1. The highest BCUT2D eigenvalue weighted by molar-refractivity contribution is 6.30. The van der Waals surface area contributed by atoms with Crippen LogP contribution in [0.3, 0.4) is 0 Å². The quantitative estimate of drug-likeness (QED) is 0.844. The van der Waals surface area contributed by atoms with Crippen molar-refractivity contribution < 1.29 is 14.3 Å². The van der Waals surface area contributed by atoms with Crippen LogP contribution < -0.4 is 5.32 Å². The van der Waals surface area contributed by atoms with Crippen LogP contribution in [0, 0.1) is 0 Å². The molecule has 1 aliphatic rings. The SMILES string of the molecule is O=C(COC[C@@H]1CCCO1)Nc1n[nH]c(-c2ccc(Cl)cc2)n1. The predicted molar refractivity (Wildman–Crippen MR) is 85.3 cm³/mol. The van der Waals surface area contributed by atoms with Gasteiger partial charge in [-0.1, -0.05) is 11.6 Å². The molecule has 1 aromatic heterocycles. The topological polar surface area (TPSA) is 89.1 Å². The number of H-pyrrole nitrogens is 1. The number of carbonyl (C=O) groups is 1. The van der Waals surface area contributed by atoms with Gasteiger partial charge in [-0.3, -0.25) is 15.2 Å². The molecule has 0 radical (unpaired) electrons. The zero-order chi connectivity index (χ0) is 16.1. The van der Waals surface area contributed by atoms with Gasteiger partial charge in [-0.15, -0.1) is 5.10 Å². The second kappa shape index (κ2) is 7.54. The minimum Gasteiger partial charge on any atom is -0.376 e. The van der Waals surface area contributed by atoms with Crippen molar-refractivity contribution in [1.29, 1.82) is 0 Å². The number of amides is 1. The molecule has 1 aliphatic heterocycles. The van der Waals surface area contributed by atoms with E-state index in [9.17, 15) is 4.79 Å². The third-order valence-corrected chi connectivity index (χ3v) is 3.67. The highest BCUT2D eigenvalue weighted by Gasteiger charge is 2.16. The number of nitrogens with one attached hydrogen (secondary N) is 2. The molecule has 23 heavy (non-hydrogen) atoms. The van der Waals surface area contributed by atoms with Gasteiger partial charge >= 0.3 is 0 Å². The highest BCUT2D eigenvalue weighted by atomic mass is 35.5. The van der Waals surface area contributed by atoms with Crippen molar-refractivity contribution >= 4 is 23.5 Å². The van der Waals surface area contributed by atoms with Gasteiger partial charge in [0.05, 0.1) is 12.7 Å². The van der Waals surface area contributed by atoms with Crippen LogP contribution in [0.25, 0.3) is 11.4 Å². The van der Waals surface area contributed by atoms with E-state index in [1.807, 2.05) is 12.1 Å². The maximum atomic E-state index is 11.8. The van der Waals surface area contributed by atoms with E-state index in [1.54, 1.807) is 12.1 Å². The second-order valence-electron chi connectivity index (χ2n) is 5.21. The average molecular weight is 337 g/mol. The fourth-order valence-electron chi connectivity index (χ4n) is 2.27. The standard InChI is InChI=1S/C15H17ClN4O3/c16-11-5-3-10(4-6-11)14-18-15(20-19-14)17-13(21)9-22-8-12-2-1-7-23-12/h3-6,12H,1-2,7-9H2,(H2,17,18,19,20,21)/t12-/m0/s1. The van der Waals surface area contributed by atoms with Crippen molar-refractivity contribution in [3.05, 3.63) is 29.3 Å². The number of nitrogens with zero attached hydrogens (tertiary/aromatic N) is 2. The predicted octanol–water partition coefficient (Wildman–Crippen LogP) is 2.26. The second-order valence-corrected chi connectivity index (χ2v) is 5.65. The van der Waals surface area contributed by atoms with Crippen LogP contribution in [0.4, 0.5) is 5.95 Å². The van der Waals surface area contributed by atoms with E-state index in [1.165, 1.54) is 0 Å². The maximum Gasteiger partial charge on any atom is 0.252 e. The lowest BCUT2D eigenvalue weighted by Crippen LogP contribution is -2.23. The van der Waals surface area contributed by atoms with E-state index in [0.29, 0.717) is 17.5 Å². The van der Waals surface area contributed by atoms with Gasteiger partial charge in [0.15, 0.2) is 5.82 Å². The number of ether oxygens (including phenoxy) is 2. The normalized spacial score (nSPS) is 17.3. The van der Waals surface area contributed by atoms with E-state index in [0.717, 1.165) is 25.0 Å². The number of hydrogen-bond donors (Lipinski definition) is 2. The summed E-state index contributed by atoms with van der Waals surface area (Å²) in [5.74, 6) is 0.461. The molecular formula is C15H17ClN4O3. The van der Waals surface area contributed by atoms with Gasteiger partial charge in [-0.05, 0) is 37.1 Å². The van der Waals surface area contributed by atoms with Crippen molar-refractivity contribution in [1.82, 2.24) is 15.2 Å². The number of anilines is 1. The highest BCUT2D eigenvalue weighted by Crippen LogP contribution is 2.18. The first-order valence-electron chi connectivity index (χ1n) is 7.38. The van der Waals surface area contributed by atoms with Crippen molar-refractivity contribution in [3.63, 3.8) is 0 Å². The summed E-state index contributed by atoms with van der Waals surface area (Å²) in [6, 6.07) is 7.16. The summed E-state index contributed by atoms with van der Waals surface area (Å²) in [5, 5.41) is 9.96. The largest absolute Gasteiger partial charge is 0.376 e. The number of aromatic nitrogens is 3. The van der Waals surface area contributed by atoms with Gasteiger partial charge < -0.3 is 9.47 Å². The zero-order valence-corrected chi connectivity index (χ0v) is 13.2. The molecule has 0 bridgehead atoms. The Morgan fingerprint density at radius 2 is 2.26 bits per heavy atom. The van der Waals surface area contributed by atoms with E-state index < -0.39 is 0 Å². The molecule has 0 spiro atoms. The zero-order valence-electron chi connectivity index (χ0n) is 12.4. The van der Waals surface area contributed by atoms with Gasteiger partial charge in [-0.25, -0.2) is 0 Å². The number of benzene rings is 1. The Labute approximate surface area is 138 Å². The molecule has 2 aromatic rings. The van der Waals surface area contributed by atoms with Crippen LogP contribution in [0.2, 0.25) is 5.02 Å². The third-order valence-electron chi connectivity index (χ3n) is 3.42. The molecule has 1 saturated heterocycles. The smallest absolute Gasteiger partial charge is 0.252 e. The molecule has 1 amide bonds. The first kappa shape index (κ1) is 15.9. The van der Waals surface area contributed by atoms with E-state index in [-0.39, 0.29) is 24.6 Å². The summed E-state index contributed by atoms with van der Waals surface area (Å²) in [6.45, 7) is 1.15. The van der Waals surface area contributed by atoms with E-state index in [4.69, 9.17) is 21.1 Å². The Balaban J connectivity index is 1.48. The number of hydrogen-bond acceptors (Lipinski definition) is 5. The molecule has 1 atom stereocenters. The van der Waals surface area contributed by atoms with Gasteiger partial charge in [-0.2, -0.15) is 4.98 Å². The molecule has 7 nitrogen and oxygen atoms in total. The molecule has 1 aromatic carbocycles. The average Bonchev–Trinajstić information content (AvgIpc) is 3.20. The van der Waals surface area contributed by atoms with Gasteiger partial charge in [0, 0.05) is 17.2 Å². The lowest BCUT2D eigenvalue weighted by atomic mass is 10.2. The number of rotatable bonds is 6. The van der Waals surface area contributed by atoms with Crippen LogP contribution in [0.5, 0.6) is 0 Å². The molecule has 0 saturated carbocycles. The molecule has 122 valence electrons. The molecule has 2 heterocycles. The lowest BCUT2D eigenvalue weighted by Gasteiger charge is -2.09. The summed E-state index contributed by atoms with van der Waals surface area (Å²) in [4.78, 5) is 16.0. The van der Waals surface area contributed by atoms with E-state index in [2.05, 4.69) is 20.5 Å². The van der Waals surface area contributed by atoms with Crippen molar-refractivity contribution in [3.8, 4) is 11.4 Å². The molecular weight excluding hydrogens is 320 g/mol. The first-order chi connectivity index (χ1) is 11.2. The third kappa shape index (κ3) is 4.51. The fourth-order valence-corrected chi connectivity index (χ4v) is 2.40. The van der Waals surface area contributed by atoms with Crippen molar-refractivity contribution in [2.45, 2.75) is 18.9 Å². The Morgan fingerprint density at radius 1 is 1.43 bits per heavy atom. The van der Waals surface area contributed by atoms with Gasteiger partial charge in [0.1, 0.15) is 6.61 Å². The van der Waals surface area contributed by atoms with E-state index >= 15 is 0 Å². The Morgan fingerprint density at radius 3 is 3.00 bits per heavy atom. The Bertz CT molecular complexity index is 653. The van der Waals surface area contributed by atoms with Crippen LogP contribution in [-0.4, -0.2) is 47.0 Å². The molecule has 8 heteroatoms. The molecule has 3 rings (SSSR count). The molecule has 0 aliphatic carbocycles. The van der Waals surface area contributed by atoms with Gasteiger partial charge in [0.2, 0.25) is 5.95 Å². The lowest BCUT2D eigenvalue weighted by molar-refractivity contribution is -0.121. The summed E-state index contributed by atoms with van der Waals surface area (Å²) >= 11 is 5.84. The molecule has 0 unspecified atom stereocenters. The molecule has 1 fully saturated rings. The van der Waals surface area contributed by atoms with Crippen LogP contribution >= 0.6 is 11.6 Å². The van der Waals surface area contributed by atoms with Crippen molar-refractivity contribution in [2.24, 2.45) is 0 Å². The van der Waals surface area contributed by atoms with Crippen molar-refractivity contribution in [2.75, 3.05) is 25.1 Å². The number of aromatic amines is 1. The monoisotopic (exact) mass is 336 g/mol. The van der Waals surface area contributed by atoms with Gasteiger partial charge in [0.25, 0.3) is 5.91 Å². The van der Waals surface area contributed by atoms with Crippen LogP contribution in [0.1, 0.15) is 12.8 Å². The number of halogens is 1. The molecule has 2 N–H and O–H groups in total. The minimum absolute atomic E-state index is 0.0509. The minimum atomic E-state index is -0.301. The first-order valence-corrected chi connectivity index (χ1v) is 7.76. The summed E-state index contributed by atoms with van der Waals surface area (Å²) in [7, 11) is 0. The summed E-state index contributed by atoms with van der Waals surface area (Å²) in [6.07, 6.45) is 2.13. The maximum absolute atomic E-state index is 11.8. The Hall–Kier alpha value is -1.96. The fraction of sp³-hybridized carbons (Fsp3) is 0.400. The van der Waals surface area contributed by atoms with Crippen LogP contribution in [0.15, 0.2) is 24.3 Å².